The summed E-state index contributed by atoms with van der Waals surface area (Å²) in [5.41, 5.74) is 2.20. The van der Waals surface area contributed by atoms with Gasteiger partial charge in [-0.15, -0.1) is 0 Å². The maximum atomic E-state index is 12.5. The van der Waals surface area contributed by atoms with Gasteiger partial charge in [-0.2, -0.15) is 0 Å². The SMILES string of the molecule is COc1ccc2c(c1)C=C(C(=O)NCc1ccccc1OC)C=CO2. The molecule has 0 saturated carbocycles. The molecule has 2 aromatic carbocycles. The van der Waals surface area contributed by atoms with Gasteiger partial charge >= 0.3 is 0 Å². The average molecular weight is 337 g/mol. The second-order valence-electron chi connectivity index (χ2n) is 5.42. The Labute approximate surface area is 146 Å². The van der Waals surface area contributed by atoms with E-state index in [0.29, 0.717) is 23.6 Å². The van der Waals surface area contributed by atoms with E-state index >= 15 is 0 Å². The number of nitrogens with one attached hydrogen (secondary N) is 1. The third kappa shape index (κ3) is 3.83. The van der Waals surface area contributed by atoms with Gasteiger partial charge in [0.2, 0.25) is 0 Å². The first-order valence-corrected chi connectivity index (χ1v) is 7.84. The lowest BCUT2D eigenvalue weighted by molar-refractivity contribution is -0.117. The van der Waals surface area contributed by atoms with Gasteiger partial charge in [0, 0.05) is 23.2 Å². The van der Waals surface area contributed by atoms with Crippen LogP contribution in [0.4, 0.5) is 0 Å². The Morgan fingerprint density at radius 1 is 1.12 bits per heavy atom. The van der Waals surface area contributed by atoms with Crippen LogP contribution in [0.3, 0.4) is 0 Å². The highest BCUT2D eigenvalue weighted by Crippen LogP contribution is 2.28. The van der Waals surface area contributed by atoms with Crippen molar-refractivity contribution in [1.29, 1.82) is 0 Å². The van der Waals surface area contributed by atoms with Crippen molar-refractivity contribution in [2.45, 2.75) is 6.54 Å². The van der Waals surface area contributed by atoms with Crippen LogP contribution >= 0.6 is 0 Å². The van der Waals surface area contributed by atoms with Crippen LogP contribution in [0.15, 0.2) is 60.4 Å². The molecule has 5 heteroatoms. The van der Waals surface area contributed by atoms with Crippen LogP contribution in [0.5, 0.6) is 17.2 Å². The number of fused-ring (bicyclic) bond motifs is 1. The summed E-state index contributed by atoms with van der Waals surface area (Å²) in [5.74, 6) is 1.92. The maximum absolute atomic E-state index is 12.5. The van der Waals surface area contributed by atoms with Crippen molar-refractivity contribution in [3.8, 4) is 17.2 Å². The van der Waals surface area contributed by atoms with Crippen LogP contribution in [-0.2, 0) is 11.3 Å². The number of benzene rings is 2. The minimum atomic E-state index is -0.193. The van der Waals surface area contributed by atoms with Crippen molar-refractivity contribution in [2.75, 3.05) is 14.2 Å². The van der Waals surface area contributed by atoms with Gasteiger partial charge in [0.1, 0.15) is 17.2 Å². The number of rotatable bonds is 5. The van der Waals surface area contributed by atoms with Gasteiger partial charge in [-0.05, 0) is 36.4 Å². The summed E-state index contributed by atoms with van der Waals surface area (Å²) in [7, 11) is 3.21. The van der Waals surface area contributed by atoms with Crippen LogP contribution in [0.1, 0.15) is 11.1 Å². The molecule has 0 atom stereocenters. The number of carbonyl (C=O) groups is 1. The second-order valence-corrected chi connectivity index (χ2v) is 5.42. The van der Waals surface area contributed by atoms with E-state index in [4.69, 9.17) is 14.2 Å². The van der Waals surface area contributed by atoms with Crippen molar-refractivity contribution in [3.05, 3.63) is 71.5 Å². The summed E-state index contributed by atoms with van der Waals surface area (Å²) in [6, 6.07) is 13.0. The molecule has 25 heavy (non-hydrogen) atoms. The molecule has 0 aromatic heterocycles. The van der Waals surface area contributed by atoms with E-state index < -0.39 is 0 Å². The van der Waals surface area contributed by atoms with Crippen molar-refractivity contribution < 1.29 is 19.0 Å². The molecule has 128 valence electrons. The normalized spacial score (nSPS) is 12.3. The highest BCUT2D eigenvalue weighted by molar-refractivity contribution is 6.01. The molecule has 0 fully saturated rings. The molecule has 0 spiro atoms. The topological polar surface area (TPSA) is 56.8 Å². The predicted molar refractivity (Wildman–Crippen MR) is 95.6 cm³/mol. The third-order valence-electron chi connectivity index (χ3n) is 3.86. The van der Waals surface area contributed by atoms with Gasteiger partial charge in [-0.3, -0.25) is 4.79 Å². The number of methoxy groups -OCH3 is 2. The quantitative estimate of drug-likeness (QED) is 0.909. The molecule has 0 radical (unpaired) electrons. The molecule has 1 aliphatic heterocycles. The third-order valence-corrected chi connectivity index (χ3v) is 3.86. The van der Waals surface area contributed by atoms with Crippen molar-refractivity contribution in [2.24, 2.45) is 0 Å². The Bertz CT molecular complexity index is 839. The monoisotopic (exact) mass is 337 g/mol. The molecule has 1 N–H and O–H groups in total. The summed E-state index contributed by atoms with van der Waals surface area (Å²) in [6.45, 7) is 0.375. The standard InChI is InChI=1S/C20H19NO4/c1-23-17-7-8-19-16(12-17)11-14(9-10-25-19)20(22)21-13-15-5-3-4-6-18(15)24-2/h3-12H,13H2,1-2H3,(H,21,22). The number of para-hydroxylation sites is 1. The van der Waals surface area contributed by atoms with Gasteiger partial charge in [-0.1, -0.05) is 18.2 Å². The molecule has 2 aromatic rings. The lowest BCUT2D eigenvalue weighted by Crippen LogP contribution is -2.24. The van der Waals surface area contributed by atoms with Crippen LogP contribution in [0.2, 0.25) is 0 Å². The Morgan fingerprint density at radius 2 is 1.96 bits per heavy atom. The van der Waals surface area contributed by atoms with E-state index in [1.807, 2.05) is 42.5 Å². The predicted octanol–water partition coefficient (Wildman–Crippen LogP) is 3.31. The van der Waals surface area contributed by atoms with Crippen LogP contribution in [0.25, 0.3) is 6.08 Å². The van der Waals surface area contributed by atoms with Gasteiger partial charge in [0.05, 0.1) is 20.5 Å². The van der Waals surface area contributed by atoms with Crippen LogP contribution < -0.4 is 19.5 Å². The molecule has 0 aliphatic carbocycles. The molecule has 1 amide bonds. The molecule has 3 rings (SSSR count). The zero-order valence-corrected chi connectivity index (χ0v) is 14.1. The number of amides is 1. The van der Waals surface area contributed by atoms with Crippen molar-refractivity contribution in [1.82, 2.24) is 5.32 Å². The highest BCUT2D eigenvalue weighted by Gasteiger charge is 2.13. The Morgan fingerprint density at radius 3 is 2.76 bits per heavy atom. The molecular formula is C20H19NO4. The molecular weight excluding hydrogens is 318 g/mol. The number of hydrogen-bond donors (Lipinski definition) is 1. The van der Waals surface area contributed by atoms with Gasteiger partial charge in [0.25, 0.3) is 5.91 Å². The maximum Gasteiger partial charge on any atom is 0.251 e. The zero-order chi connectivity index (χ0) is 17.6. The summed E-state index contributed by atoms with van der Waals surface area (Å²) >= 11 is 0. The van der Waals surface area contributed by atoms with Gasteiger partial charge in [0.15, 0.2) is 0 Å². The first-order valence-electron chi connectivity index (χ1n) is 7.84. The Hall–Kier alpha value is -3.21. The number of ether oxygens (including phenoxy) is 3. The summed E-state index contributed by atoms with van der Waals surface area (Å²) in [4.78, 5) is 12.5. The van der Waals surface area contributed by atoms with E-state index in [9.17, 15) is 4.79 Å². The van der Waals surface area contributed by atoms with E-state index in [-0.39, 0.29) is 5.91 Å². The number of hydrogen-bond acceptors (Lipinski definition) is 4. The number of carbonyl (C=O) groups excluding carboxylic acids is 1. The molecule has 1 aliphatic rings. The smallest absolute Gasteiger partial charge is 0.251 e. The first-order chi connectivity index (χ1) is 12.2. The average Bonchev–Trinajstić information content (AvgIpc) is 2.88. The second kappa shape index (κ2) is 7.57. The molecule has 5 nitrogen and oxygen atoms in total. The van der Waals surface area contributed by atoms with Gasteiger partial charge < -0.3 is 19.5 Å². The molecule has 0 saturated heterocycles. The van der Waals surface area contributed by atoms with E-state index in [1.165, 1.54) is 6.26 Å². The lowest BCUT2D eigenvalue weighted by Gasteiger charge is -2.10. The van der Waals surface area contributed by atoms with Crippen molar-refractivity contribution in [3.63, 3.8) is 0 Å². The van der Waals surface area contributed by atoms with E-state index in [2.05, 4.69) is 5.32 Å². The fraction of sp³-hybridized carbons (Fsp3) is 0.150. The Kier molecular flexibility index (Phi) is 5.04. The minimum absolute atomic E-state index is 0.193. The Balaban J connectivity index is 1.78. The molecule has 1 heterocycles. The van der Waals surface area contributed by atoms with Crippen LogP contribution in [0, 0.1) is 0 Å². The largest absolute Gasteiger partial charge is 0.497 e. The van der Waals surface area contributed by atoms with Crippen molar-refractivity contribution >= 4 is 12.0 Å². The highest BCUT2D eigenvalue weighted by atomic mass is 16.5. The summed E-state index contributed by atoms with van der Waals surface area (Å²) in [6.07, 6.45) is 4.93. The fourth-order valence-electron chi connectivity index (χ4n) is 2.54. The first kappa shape index (κ1) is 16.6. The van der Waals surface area contributed by atoms with Gasteiger partial charge in [-0.25, -0.2) is 0 Å². The summed E-state index contributed by atoms with van der Waals surface area (Å²) in [5, 5.41) is 2.91. The molecule has 0 bridgehead atoms. The minimum Gasteiger partial charge on any atom is -0.497 e. The molecule has 0 unspecified atom stereocenters. The fourth-order valence-corrected chi connectivity index (χ4v) is 2.54. The lowest BCUT2D eigenvalue weighted by atomic mass is 10.1. The zero-order valence-electron chi connectivity index (χ0n) is 14.1. The summed E-state index contributed by atoms with van der Waals surface area (Å²) < 4.78 is 16.1. The van der Waals surface area contributed by atoms with E-state index in [1.54, 1.807) is 26.4 Å². The van der Waals surface area contributed by atoms with E-state index in [0.717, 1.165) is 16.9 Å². The van der Waals surface area contributed by atoms with Crippen LogP contribution in [-0.4, -0.2) is 20.1 Å².